The molecule has 0 atom stereocenters. The highest BCUT2D eigenvalue weighted by molar-refractivity contribution is 5.89. The van der Waals surface area contributed by atoms with Crippen LogP contribution in [0.1, 0.15) is 54.9 Å². The van der Waals surface area contributed by atoms with Crippen LogP contribution in [-0.2, 0) is 6.42 Å². The van der Waals surface area contributed by atoms with E-state index >= 15 is 0 Å². The molecular weight excluding hydrogens is 232 g/mol. The molecule has 0 aliphatic carbocycles. The maximum atomic E-state index is 10.8. The van der Waals surface area contributed by atoms with Crippen molar-refractivity contribution < 1.29 is 4.79 Å². The summed E-state index contributed by atoms with van der Waals surface area (Å²) in [5, 5.41) is 2.39. The molecule has 0 heterocycles. The summed E-state index contributed by atoms with van der Waals surface area (Å²) in [5.41, 5.74) is 2.14. The summed E-state index contributed by atoms with van der Waals surface area (Å²) in [6.07, 6.45) is 8.63. The van der Waals surface area contributed by atoms with Gasteiger partial charge in [-0.3, -0.25) is 4.79 Å². The highest BCUT2D eigenvalue weighted by Gasteiger charge is 1.99. The van der Waals surface area contributed by atoms with Gasteiger partial charge in [0.05, 0.1) is 0 Å². The van der Waals surface area contributed by atoms with Crippen LogP contribution in [0.3, 0.4) is 0 Å². The van der Waals surface area contributed by atoms with Crippen LogP contribution in [0, 0.1) is 0 Å². The van der Waals surface area contributed by atoms with E-state index in [1.54, 1.807) is 0 Å². The highest BCUT2D eigenvalue weighted by Crippen LogP contribution is 2.19. The van der Waals surface area contributed by atoms with Crippen molar-refractivity contribution in [3.05, 3.63) is 47.5 Å². The zero-order valence-electron chi connectivity index (χ0n) is 11.7. The van der Waals surface area contributed by atoms with Crippen molar-refractivity contribution in [2.75, 3.05) is 0 Å². The Morgan fingerprint density at radius 3 is 2.47 bits per heavy atom. The first-order valence-corrected chi connectivity index (χ1v) is 7.31. The zero-order valence-corrected chi connectivity index (χ0v) is 11.7. The largest absolute Gasteiger partial charge is 0.298 e. The predicted molar refractivity (Wildman–Crippen MR) is 81.8 cm³/mol. The summed E-state index contributed by atoms with van der Waals surface area (Å²) in [6.45, 7) is 2.24. The third-order valence-electron chi connectivity index (χ3n) is 3.63. The first-order valence-electron chi connectivity index (χ1n) is 7.31. The Balaban J connectivity index is 2.01. The second-order valence-corrected chi connectivity index (χ2v) is 5.22. The monoisotopic (exact) mass is 254 g/mol. The fourth-order valence-electron chi connectivity index (χ4n) is 2.48. The molecule has 0 saturated carbocycles. The normalized spacial score (nSPS) is 10.8. The number of unbranched alkanes of at least 4 members (excludes halogenated alkanes) is 4. The molecule has 2 aromatic carbocycles. The minimum atomic E-state index is 0.757. The summed E-state index contributed by atoms with van der Waals surface area (Å²) < 4.78 is 0. The second-order valence-electron chi connectivity index (χ2n) is 5.22. The summed E-state index contributed by atoms with van der Waals surface area (Å²) in [6, 6.07) is 12.5. The van der Waals surface area contributed by atoms with E-state index in [1.165, 1.54) is 48.4 Å². The standard InChI is InChI=1S/C18H22O/c1-2-3-4-5-6-7-15-8-10-17-11-9-16(14-19)13-18(17)12-15/h8-14H,2-7H2,1H3. The van der Waals surface area contributed by atoms with E-state index in [9.17, 15) is 4.79 Å². The smallest absolute Gasteiger partial charge is 0.150 e. The van der Waals surface area contributed by atoms with Gasteiger partial charge in [-0.2, -0.15) is 0 Å². The number of hydrogen-bond donors (Lipinski definition) is 0. The van der Waals surface area contributed by atoms with Gasteiger partial charge < -0.3 is 0 Å². The molecule has 0 aliphatic rings. The van der Waals surface area contributed by atoms with Gasteiger partial charge in [-0.15, -0.1) is 0 Å². The lowest BCUT2D eigenvalue weighted by molar-refractivity contribution is 0.112. The molecular formula is C18H22O. The van der Waals surface area contributed by atoms with E-state index in [0.717, 1.165) is 18.3 Å². The lowest BCUT2D eigenvalue weighted by atomic mass is 10.0. The Morgan fingerprint density at radius 2 is 1.68 bits per heavy atom. The Hall–Kier alpha value is -1.63. The maximum absolute atomic E-state index is 10.8. The van der Waals surface area contributed by atoms with Crippen LogP contribution in [0.25, 0.3) is 10.8 Å². The Bertz CT molecular complexity index is 542. The highest BCUT2D eigenvalue weighted by atomic mass is 16.1. The van der Waals surface area contributed by atoms with Gasteiger partial charge in [-0.05, 0) is 35.2 Å². The van der Waals surface area contributed by atoms with Gasteiger partial charge in [0.2, 0.25) is 0 Å². The Morgan fingerprint density at radius 1 is 0.895 bits per heavy atom. The molecule has 19 heavy (non-hydrogen) atoms. The second kappa shape index (κ2) is 7.08. The van der Waals surface area contributed by atoms with E-state index < -0.39 is 0 Å². The molecule has 100 valence electrons. The number of fused-ring (bicyclic) bond motifs is 1. The molecule has 0 spiro atoms. The number of benzene rings is 2. The van der Waals surface area contributed by atoms with Gasteiger partial charge in [0.15, 0.2) is 0 Å². The van der Waals surface area contributed by atoms with E-state index in [0.29, 0.717) is 0 Å². The molecule has 2 aromatic rings. The molecule has 0 fully saturated rings. The van der Waals surface area contributed by atoms with Crippen LogP contribution in [0.2, 0.25) is 0 Å². The fourth-order valence-corrected chi connectivity index (χ4v) is 2.48. The van der Waals surface area contributed by atoms with Gasteiger partial charge in [-0.1, -0.05) is 62.9 Å². The molecule has 0 bridgehead atoms. The van der Waals surface area contributed by atoms with Crippen molar-refractivity contribution in [2.45, 2.75) is 45.4 Å². The van der Waals surface area contributed by atoms with Crippen LogP contribution < -0.4 is 0 Å². The van der Waals surface area contributed by atoms with Crippen molar-refractivity contribution in [1.29, 1.82) is 0 Å². The molecule has 1 heteroatoms. The number of carbonyl (C=O) groups is 1. The lowest BCUT2D eigenvalue weighted by Gasteiger charge is -2.04. The SMILES string of the molecule is CCCCCCCc1ccc2ccc(C=O)cc2c1. The first kappa shape index (κ1) is 13.8. The minimum absolute atomic E-state index is 0.757. The van der Waals surface area contributed by atoms with Gasteiger partial charge in [0.1, 0.15) is 6.29 Å². The van der Waals surface area contributed by atoms with E-state index in [2.05, 4.69) is 25.1 Å². The van der Waals surface area contributed by atoms with Crippen molar-refractivity contribution >= 4 is 17.1 Å². The van der Waals surface area contributed by atoms with E-state index in [4.69, 9.17) is 0 Å². The van der Waals surface area contributed by atoms with E-state index in [-0.39, 0.29) is 0 Å². The average molecular weight is 254 g/mol. The topological polar surface area (TPSA) is 17.1 Å². The third-order valence-corrected chi connectivity index (χ3v) is 3.63. The molecule has 0 aromatic heterocycles. The number of aryl methyl sites for hydroxylation is 1. The molecule has 0 saturated heterocycles. The van der Waals surface area contributed by atoms with Crippen LogP contribution in [0.15, 0.2) is 36.4 Å². The summed E-state index contributed by atoms with van der Waals surface area (Å²) in [4.78, 5) is 10.8. The average Bonchev–Trinajstić information content (AvgIpc) is 2.46. The molecule has 0 amide bonds. The predicted octanol–water partition coefficient (Wildman–Crippen LogP) is 5.17. The number of rotatable bonds is 7. The molecule has 0 unspecified atom stereocenters. The molecule has 1 nitrogen and oxygen atoms in total. The molecule has 0 aliphatic heterocycles. The maximum Gasteiger partial charge on any atom is 0.150 e. The van der Waals surface area contributed by atoms with Crippen molar-refractivity contribution in [3.8, 4) is 0 Å². The van der Waals surface area contributed by atoms with Crippen LogP contribution in [0.4, 0.5) is 0 Å². The number of hydrogen-bond acceptors (Lipinski definition) is 1. The zero-order chi connectivity index (χ0) is 13.5. The fraction of sp³-hybridized carbons (Fsp3) is 0.389. The number of carbonyl (C=O) groups excluding carboxylic acids is 1. The van der Waals surface area contributed by atoms with Crippen molar-refractivity contribution in [2.24, 2.45) is 0 Å². The van der Waals surface area contributed by atoms with Gasteiger partial charge in [0.25, 0.3) is 0 Å². The summed E-state index contributed by atoms with van der Waals surface area (Å²) >= 11 is 0. The summed E-state index contributed by atoms with van der Waals surface area (Å²) in [5.74, 6) is 0. The van der Waals surface area contributed by atoms with E-state index in [1.807, 2.05) is 18.2 Å². The minimum Gasteiger partial charge on any atom is -0.298 e. The van der Waals surface area contributed by atoms with Gasteiger partial charge in [-0.25, -0.2) is 0 Å². The lowest BCUT2D eigenvalue weighted by Crippen LogP contribution is -1.87. The quantitative estimate of drug-likeness (QED) is 0.492. The molecule has 2 rings (SSSR count). The van der Waals surface area contributed by atoms with Crippen LogP contribution >= 0.6 is 0 Å². The molecule has 0 N–H and O–H groups in total. The van der Waals surface area contributed by atoms with Crippen molar-refractivity contribution in [1.82, 2.24) is 0 Å². The van der Waals surface area contributed by atoms with Crippen LogP contribution in [-0.4, -0.2) is 6.29 Å². The molecule has 0 radical (unpaired) electrons. The first-order chi connectivity index (χ1) is 9.33. The van der Waals surface area contributed by atoms with Crippen LogP contribution in [0.5, 0.6) is 0 Å². The number of aldehydes is 1. The van der Waals surface area contributed by atoms with Gasteiger partial charge in [0, 0.05) is 5.56 Å². The van der Waals surface area contributed by atoms with Crippen molar-refractivity contribution in [3.63, 3.8) is 0 Å². The summed E-state index contributed by atoms with van der Waals surface area (Å²) in [7, 11) is 0. The third kappa shape index (κ3) is 3.92. The Kier molecular flexibility index (Phi) is 5.14. The van der Waals surface area contributed by atoms with Gasteiger partial charge >= 0.3 is 0 Å². The Labute approximate surface area is 115 Å².